The number of aromatic nitrogens is 2. The average molecular weight is 280 g/mol. The molecule has 0 aliphatic carbocycles. The number of hydrogen-bond donors (Lipinski definition) is 2. The monoisotopic (exact) mass is 279 g/mol. The predicted octanol–water partition coefficient (Wildman–Crippen LogP) is 2.84. The average Bonchev–Trinajstić information content (AvgIpc) is 2.74. The molecule has 1 unspecified atom stereocenters. The van der Waals surface area contributed by atoms with Crippen molar-refractivity contribution in [1.82, 2.24) is 10.2 Å². The highest BCUT2D eigenvalue weighted by Gasteiger charge is 2.26. The maximum atomic E-state index is 11.6. The third-order valence-corrected chi connectivity index (χ3v) is 4.40. The first-order valence-corrected chi connectivity index (χ1v) is 6.87. The summed E-state index contributed by atoms with van der Waals surface area (Å²) < 4.78 is 0. The zero-order valence-corrected chi connectivity index (χ0v) is 10.9. The quantitative estimate of drug-likeness (QED) is 0.844. The Labute approximate surface area is 113 Å². The largest absolute Gasteiger partial charge is 0.310 e. The number of anilines is 1. The Morgan fingerprint density at radius 3 is 3.00 bits per heavy atom. The third-order valence-electron chi connectivity index (χ3n) is 2.78. The molecule has 0 radical (unpaired) electrons. The van der Waals surface area contributed by atoms with Crippen LogP contribution in [0.15, 0.2) is 30.5 Å². The lowest BCUT2D eigenvalue weighted by molar-refractivity contribution is -0.113. The number of benzene rings is 1. The second-order valence-electron chi connectivity index (χ2n) is 3.96. The molecule has 1 atom stereocenters. The Balaban J connectivity index is 2.08. The van der Waals surface area contributed by atoms with Crippen LogP contribution in [-0.4, -0.2) is 21.9 Å². The van der Waals surface area contributed by atoms with Gasteiger partial charge in [0.15, 0.2) is 0 Å². The van der Waals surface area contributed by atoms with E-state index in [2.05, 4.69) is 15.5 Å². The summed E-state index contributed by atoms with van der Waals surface area (Å²) in [5, 5.41) is 10.3. The molecule has 1 aliphatic rings. The van der Waals surface area contributed by atoms with Gasteiger partial charge < -0.3 is 5.32 Å². The third kappa shape index (κ3) is 2.00. The number of H-pyrrole nitrogens is 1. The molecule has 1 amide bonds. The summed E-state index contributed by atoms with van der Waals surface area (Å²) in [6, 6.07) is 7.68. The number of carbonyl (C=O) groups is 1. The van der Waals surface area contributed by atoms with Crippen molar-refractivity contribution in [3.8, 4) is 0 Å². The van der Waals surface area contributed by atoms with Gasteiger partial charge in [-0.25, -0.2) is 0 Å². The Morgan fingerprint density at radius 1 is 1.33 bits per heavy atom. The summed E-state index contributed by atoms with van der Waals surface area (Å²) >= 11 is 7.78. The minimum Gasteiger partial charge on any atom is -0.310 e. The van der Waals surface area contributed by atoms with Gasteiger partial charge in [0.25, 0.3) is 0 Å². The number of nitrogens with zero attached hydrogens (tertiary/aromatic N) is 1. The van der Waals surface area contributed by atoms with Crippen LogP contribution in [-0.2, 0) is 4.79 Å². The van der Waals surface area contributed by atoms with Gasteiger partial charge in [0.2, 0.25) is 5.91 Å². The second-order valence-corrected chi connectivity index (χ2v) is 5.46. The van der Waals surface area contributed by atoms with Gasteiger partial charge in [0, 0.05) is 10.6 Å². The molecule has 18 heavy (non-hydrogen) atoms. The molecule has 0 fully saturated rings. The van der Waals surface area contributed by atoms with Gasteiger partial charge in [-0.15, -0.1) is 11.8 Å². The highest BCUT2D eigenvalue weighted by atomic mass is 35.5. The van der Waals surface area contributed by atoms with Crippen molar-refractivity contribution in [2.75, 3.05) is 11.1 Å². The summed E-state index contributed by atoms with van der Waals surface area (Å²) in [6.07, 6.45) is 1.74. The first-order chi connectivity index (χ1) is 8.75. The molecule has 3 rings (SSSR count). The van der Waals surface area contributed by atoms with Gasteiger partial charge in [0.05, 0.1) is 17.2 Å². The van der Waals surface area contributed by atoms with Gasteiger partial charge in [-0.05, 0) is 11.6 Å². The van der Waals surface area contributed by atoms with Crippen LogP contribution in [0.5, 0.6) is 0 Å². The van der Waals surface area contributed by atoms with Crippen molar-refractivity contribution in [3.63, 3.8) is 0 Å². The number of hydrogen-bond acceptors (Lipinski definition) is 3. The van der Waals surface area contributed by atoms with Gasteiger partial charge in [-0.3, -0.25) is 9.89 Å². The molecule has 2 aromatic rings. The van der Waals surface area contributed by atoms with Crippen molar-refractivity contribution in [2.24, 2.45) is 0 Å². The minimum absolute atomic E-state index is 0.0198. The van der Waals surface area contributed by atoms with E-state index in [-0.39, 0.29) is 11.2 Å². The zero-order chi connectivity index (χ0) is 12.5. The van der Waals surface area contributed by atoms with Crippen LogP contribution < -0.4 is 5.32 Å². The number of carbonyl (C=O) groups excluding carboxylic acids is 1. The van der Waals surface area contributed by atoms with Gasteiger partial charge >= 0.3 is 0 Å². The zero-order valence-electron chi connectivity index (χ0n) is 9.31. The molecule has 0 saturated heterocycles. The van der Waals surface area contributed by atoms with E-state index in [9.17, 15) is 4.79 Å². The van der Waals surface area contributed by atoms with E-state index >= 15 is 0 Å². The van der Waals surface area contributed by atoms with Crippen LogP contribution in [0.4, 0.5) is 5.82 Å². The SMILES string of the molecule is O=C1CSC(c2ccccc2Cl)c2cn[nH]c2N1. The Hall–Kier alpha value is -1.46. The van der Waals surface area contributed by atoms with Crippen molar-refractivity contribution in [1.29, 1.82) is 0 Å². The second kappa shape index (κ2) is 4.66. The Morgan fingerprint density at radius 2 is 2.17 bits per heavy atom. The Kier molecular flexibility index (Phi) is 3.01. The summed E-state index contributed by atoms with van der Waals surface area (Å²) in [5.41, 5.74) is 1.96. The lowest BCUT2D eigenvalue weighted by Gasteiger charge is -2.14. The smallest absolute Gasteiger partial charge is 0.235 e. The molecule has 2 heterocycles. The molecule has 1 aromatic heterocycles. The van der Waals surface area contributed by atoms with E-state index in [0.717, 1.165) is 11.1 Å². The maximum Gasteiger partial charge on any atom is 0.235 e. The molecule has 0 saturated carbocycles. The summed E-state index contributed by atoms with van der Waals surface area (Å²) in [4.78, 5) is 11.6. The van der Waals surface area contributed by atoms with Crippen LogP contribution in [0.25, 0.3) is 0 Å². The fourth-order valence-electron chi connectivity index (χ4n) is 1.96. The number of amides is 1. The van der Waals surface area contributed by atoms with Gasteiger partial charge in [-0.1, -0.05) is 29.8 Å². The van der Waals surface area contributed by atoms with Crippen LogP contribution >= 0.6 is 23.4 Å². The molecule has 1 aliphatic heterocycles. The topological polar surface area (TPSA) is 57.8 Å². The molecular formula is C12H10ClN3OS. The van der Waals surface area contributed by atoms with Gasteiger partial charge in [-0.2, -0.15) is 5.10 Å². The van der Waals surface area contributed by atoms with E-state index in [1.807, 2.05) is 24.3 Å². The molecule has 1 aromatic carbocycles. The molecule has 0 spiro atoms. The van der Waals surface area contributed by atoms with Crippen LogP contribution in [0.2, 0.25) is 5.02 Å². The summed E-state index contributed by atoms with van der Waals surface area (Å²) in [5.74, 6) is 1.04. The number of aromatic amines is 1. The van der Waals surface area contributed by atoms with Crippen molar-refractivity contribution in [2.45, 2.75) is 5.25 Å². The Bertz CT molecular complexity index is 599. The fourth-order valence-corrected chi connectivity index (χ4v) is 3.41. The summed E-state index contributed by atoms with van der Waals surface area (Å²) in [6.45, 7) is 0. The van der Waals surface area contributed by atoms with Crippen LogP contribution in [0.1, 0.15) is 16.4 Å². The number of nitrogens with one attached hydrogen (secondary N) is 2. The van der Waals surface area contributed by atoms with Crippen LogP contribution in [0, 0.1) is 0 Å². The molecule has 2 N–H and O–H groups in total. The lowest BCUT2D eigenvalue weighted by atomic mass is 10.1. The maximum absolute atomic E-state index is 11.6. The van der Waals surface area contributed by atoms with E-state index in [1.54, 1.807) is 18.0 Å². The van der Waals surface area contributed by atoms with Gasteiger partial charge in [0.1, 0.15) is 5.82 Å². The first-order valence-electron chi connectivity index (χ1n) is 5.45. The van der Waals surface area contributed by atoms with Crippen molar-refractivity contribution in [3.05, 3.63) is 46.6 Å². The minimum atomic E-state index is -0.0277. The summed E-state index contributed by atoms with van der Waals surface area (Å²) in [7, 11) is 0. The molecular weight excluding hydrogens is 270 g/mol. The normalized spacial score (nSPS) is 18.9. The number of halogens is 1. The van der Waals surface area contributed by atoms with E-state index in [0.29, 0.717) is 16.6 Å². The molecule has 0 bridgehead atoms. The highest BCUT2D eigenvalue weighted by Crippen LogP contribution is 2.42. The fraction of sp³-hybridized carbons (Fsp3) is 0.167. The molecule has 6 heteroatoms. The lowest BCUT2D eigenvalue weighted by Crippen LogP contribution is -2.12. The standard InChI is InChI=1S/C12H10ClN3OS/c13-9-4-2-1-3-7(9)11-8-5-14-16-12(8)15-10(17)6-18-11/h1-5,11H,6H2,(H2,14,15,16,17). The van der Waals surface area contributed by atoms with E-state index in [4.69, 9.17) is 11.6 Å². The van der Waals surface area contributed by atoms with E-state index in [1.165, 1.54) is 0 Å². The molecule has 4 nitrogen and oxygen atoms in total. The number of fused-ring (bicyclic) bond motifs is 1. The van der Waals surface area contributed by atoms with Crippen molar-refractivity contribution >= 4 is 35.1 Å². The van der Waals surface area contributed by atoms with Crippen molar-refractivity contribution < 1.29 is 4.79 Å². The molecule has 92 valence electrons. The van der Waals surface area contributed by atoms with Crippen LogP contribution in [0.3, 0.4) is 0 Å². The van der Waals surface area contributed by atoms with E-state index < -0.39 is 0 Å². The number of rotatable bonds is 1. The number of thioether (sulfide) groups is 1. The first kappa shape index (κ1) is 11.6. The predicted molar refractivity (Wildman–Crippen MR) is 73.0 cm³/mol. The highest BCUT2D eigenvalue weighted by molar-refractivity contribution is 8.00.